The van der Waals surface area contributed by atoms with Crippen LogP contribution >= 0.6 is 0 Å². The molecule has 5 N–H and O–H groups in total. The van der Waals surface area contributed by atoms with Crippen molar-refractivity contribution < 1.29 is 47.7 Å². The first-order valence-electron chi connectivity index (χ1n) is 21.0. The number of hydrogen-bond donors (Lipinski definition) is 4. The first-order valence-corrected chi connectivity index (χ1v) is 21.0. The Hall–Kier alpha value is -3.83. The number of hydrogen-bond acceptors (Lipinski definition) is 11. The minimum atomic E-state index is -0.935. The number of amides is 5. The molecule has 3 aliphatic rings. The molecular formula is C42H68N6O10. The number of carbonyl (C=O) groups is 5. The lowest BCUT2D eigenvalue weighted by molar-refractivity contribution is -0.143. The summed E-state index contributed by atoms with van der Waals surface area (Å²) in [7, 11) is 1.49. The normalized spacial score (nSPS) is 20.7. The molecule has 5 atom stereocenters. The van der Waals surface area contributed by atoms with E-state index in [4.69, 9.17) is 29.4 Å². The van der Waals surface area contributed by atoms with E-state index in [-0.39, 0.29) is 62.5 Å². The molecule has 1 aromatic carbocycles. The van der Waals surface area contributed by atoms with Crippen molar-refractivity contribution in [2.45, 2.75) is 121 Å². The monoisotopic (exact) mass is 816 g/mol. The summed E-state index contributed by atoms with van der Waals surface area (Å²) < 4.78 is 27.2. The third kappa shape index (κ3) is 14.8. The Labute approximate surface area is 343 Å². The van der Waals surface area contributed by atoms with Crippen molar-refractivity contribution in [1.82, 2.24) is 25.8 Å². The van der Waals surface area contributed by atoms with Gasteiger partial charge in [-0.2, -0.15) is 0 Å². The number of rotatable bonds is 21. The number of carbonyl (C=O) groups excluding carboxylic acids is 5. The van der Waals surface area contributed by atoms with Crippen LogP contribution in [0.4, 0.5) is 4.79 Å². The minimum Gasteiger partial charge on any atom is -0.444 e. The smallest absolute Gasteiger partial charge is 0.410 e. The third-order valence-electron chi connectivity index (χ3n) is 10.9. The lowest BCUT2D eigenvalue weighted by Crippen LogP contribution is -2.59. The molecule has 5 amide bonds. The highest BCUT2D eigenvalue weighted by Crippen LogP contribution is 2.32. The molecule has 16 heteroatoms. The molecule has 1 saturated heterocycles. The standard InChI is InChI=1S/C42H68N6O10/c1-29(47(5)41(53)58-42(2,3)4)38(50)46-37(31-13-7-6-8-14-31)40(52)48-27-32(44-36(49)28-57-25-24-56-23-22-55-21-20-54-19-18-43)26-35(48)39(51)45-34-17-11-15-30-12-9-10-16-33(30)34/h9-10,12,16,29,31-32,34-35,37H,6-8,11,13-15,17-28,43H2,1-5H3,(H,44,49)(H,45,51)(H,46,50)/t29-,32-,34+,35-,37-/m0/s1. The van der Waals surface area contributed by atoms with Gasteiger partial charge >= 0.3 is 6.09 Å². The van der Waals surface area contributed by atoms with Crippen LogP contribution in [0, 0.1) is 5.92 Å². The van der Waals surface area contributed by atoms with Gasteiger partial charge in [0.25, 0.3) is 0 Å². The zero-order valence-electron chi connectivity index (χ0n) is 35.3. The summed E-state index contributed by atoms with van der Waals surface area (Å²) in [5.41, 5.74) is 6.89. The van der Waals surface area contributed by atoms with E-state index in [0.29, 0.717) is 39.6 Å². The number of aryl methyl sites for hydroxylation is 1. The molecule has 2 aliphatic carbocycles. The van der Waals surface area contributed by atoms with Gasteiger partial charge < -0.3 is 50.3 Å². The Kier molecular flexibility index (Phi) is 19.1. The van der Waals surface area contributed by atoms with Crippen LogP contribution in [0.1, 0.15) is 96.2 Å². The number of ether oxygens (including phenoxy) is 5. The molecule has 1 aromatic rings. The van der Waals surface area contributed by atoms with Gasteiger partial charge in [-0.05, 0) is 83.3 Å². The van der Waals surface area contributed by atoms with Crippen LogP contribution < -0.4 is 21.7 Å². The number of benzene rings is 1. The fourth-order valence-corrected chi connectivity index (χ4v) is 7.75. The van der Waals surface area contributed by atoms with Crippen molar-refractivity contribution in [3.8, 4) is 0 Å². The van der Waals surface area contributed by atoms with Gasteiger partial charge in [0.1, 0.15) is 30.3 Å². The second-order valence-electron chi connectivity index (χ2n) is 16.5. The summed E-state index contributed by atoms with van der Waals surface area (Å²) >= 11 is 0. The maximum Gasteiger partial charge on any atom is 0.410 e. The van der Waals surface area contributed by atoms with Gasteiger partial charge in [0.05, 0.1) is 52.3 Å². The van der Waals surface area contributed by atoms with Gasteiger partial charge in [-0.1, -0.05) is 43.5 Å². The summed E-state index contributed by atoms with van der Waals surface area (Å²) in [6, 6.07) is 4.58. The zero-order valence-corrected chi connectivity index (χ0v) is 35.3. The van der Waals surface area contributed by atoms with E-state index in [1.807, 2.05) is 18.2 Å². The van der Waals surface area contributed by atoms with Crippen LogP contribution in [0.15, 0.2) is 24.3 Å². The van der Waals surface area contributed by atoms with Crippen LogP contribution in [-0.4, -0.2) is 142 Å². The van der Waals surface area contributed by atoms with E-state index in [1.165, 1.54) is 22.4 Å². The molecule has 4 rings (SSSR count). The Morgan fingerprint density at radius 1 is 0.862 bits per heavy atom. The summed E-state index contributed by atoms with van der Waals surface area (Å²) in [5, 5.41) is 9.18. The second kappa shape index (κ2) is 23.7. The van der Waals surface area contributed by atoms with E-state index in [0.717, 1.165) is 56.9 Å². The molecule has 326 valence electrons. The highest BCUT2D eigenvalue weighted by atomic mass is 16.6. The van der Waals surface area contributed by atoms with E-state index in [9.17, 15) is 24.0 Å². The summed E-state index contributed by atoms with van der Waals surface area (Å²) in [5.74, 6) is -1.73. The van der Waals surface area contributed by atoms with Crippen LogP contribution in [0.3, 0.4) is 0 Å². The van der Waals surface area contributed by atoms with Crippen molar-refractivity contribution >= 4 is 29.7 Å². The maximum atomic E-state index is 14.8. The third-order valence-corrected chi connectivity index (χ3v) is 10.9. The quantitative estimate of drug-likeness (QED) is 0.133. The van der Waals surface area contributed by atoms with Gasteiger partial charge in [-0.3, -0.25) is 24.1 Å². The number of likely N-dealkylation sites (N-methyl/N-ethyl adjacent to an activating group) is 1. The molecular weight excluding hydrogens is 748 g/mol. The van der Waals surface area contributed by atoms with Crippen LogP contribution in [0.2, 0.25) is 0 Å². The Morgan fingerprint density at radius 2 is 1.50 bits per heavy atom. The molecule has 58 heavy (non-hydrogen) atoms. The predicted molar refractivity (Wildman–Crippen MR) is 217 cm³/mol. The molecule has 2 fully saturated rings. The zero-order chi connectivity index (χ0) is 42.1. The first kappa shape index (κ1) is 46.9. The average Bonchev–Trinajstić information content (AvgIpc) is 3.63. The number of likely N-dealkylation sites (tertiary alicyclic amines) is 1. The summed E-state index contributed by atoms with van der Waals surface area (Å²) in [6.45, 7) is 9.81. The largest absolute Gasteiger partial charge is 0.444 e. The van der Waals surface area contributed by atoms with Gasteiger partial charge in [-0.25, -0.2) is 4.79 Å². The lowest BCUT2D eigenvalue weighted by atomic mass is 9.83. The number of fused-ring (bicyclic) bond motifs is 1. The molecule has 16 nitrogen and oxygen atoms in total. The van der Waals surface area contributed by atoms with Crippen LogP contribution in [-0.2, 0) is 49.3 Å². The van der Waals surface area contributed by atoms with Crippen molar-refractivity contribution in [3.05, 3.63) is 35.4 Å². The molecule has 0 aromatic heterocycles. The number of nitrogens with zero attached hydrogens (tertiary/aromatic N) is 2. The fraction of sp³-hybridized carbons (Fsp3) is 0.738. The summed E-state index contributed by atoms with van der Waals surface area (Å²) in [4.78, 5) is 71.5. The lowest BCUT2D eigenvalue weighted by Gasteiger charge is -2.36. The first-order chi connectivity index (χ1) is 27.8. The average molecular weight is 817 g/mol. The van der Waals surface area contributed by atoms with E-state index < -0.39 is 41.8 Å². The van der Waals surface area contributed by atoms with Crippen molar-refractivity contribution in [3.63, 3.8) is 0 Å². The summed E-state index contributed by atoms with van der Waals surface area (Å²) in [6.07, 6.45) is 6.47. The molecule has 0 spiro atoms. The van der Waals surface area contributed by atoms with Crippen molar-refractivity contribution in [2.75, 3.05) is 73.0 Å². The number of nitrogens with two attached hydrogens (primary N) is 1. The highest BCUT2D eigenvalue weighted by molar-refractivity contribution is 5.94. The Bertz CT molecular complexity index is 1480. The van der Waals surface area contributed by atoms with E-state index in [1.54, 1.807) is 27.7 Å². The predicted octanol–water partition coefficient (Wildman–Crippen LogP) is 2.61. The van der Waals surface area contributed by atoms with Gasteiger partial charge in [-0.15, -0.1) is 0 Å². The molecule has 1 aliphatic heterocycles. The van der Waals surface area contributed by atoms with Gasteiger partial charge in [0, 0.05) is 26.2 Å². The fourth-order valence-electron chi connectivity index (χ4n) is 7.75. The van der Waals surface area contributed by atoms with Crippen LogP contribution in [0.25, 0.3) is 0 Å². The second-order valence-corrected chi connectivity index (χ2v) is 16.5. The Balaban J connectivity index is 1.42. The van der Waals surface area contributed by atoms with E-state index >= 15 is 0 Å². The van der Waals surface area contributed by atoms with E-state index in [2.05, 4.69) is 22.0 Å². The van der Waals surface area contributed by atoms with Crippen molar-refractivity contribution in [1.29, 1.82) is 0 Å². The molecule has 0 bridgehead atoms. The molecule has 0 unspecified atom stereocenters. The molecule has 1 heterocycles. The maximum absolute atomic E-state index is 14.8. The highest BCUT2D eigenvalue weighted by Gasteiger charge is 2.45. The van der Waals surface area contributed by atoms with Gasteiger partial charge in [0.2, 0.25) is 23.6 Å². The topological polar surface area (TPSA) is 200 Å². The Morgan fingerprint density at radius 3 is 2.16 bits per heavy atom. The molecule has 1 saturated carbocycles. The minimum absolute atomic E-state index is 0.0801. The van der Waals surface area contributed by atoms with Crippen LogP contribution in [0.5, 0.6) is 0 Å². The SMILES string of the molecule is C[C@@H](C(=O)N[C@H](C(=O)N1C[C@@H](NC(=O)COCCOCCOCCOCCN)C[C@H]1C(=O)N[C@@H]1CCCc2ccccc21)C1CCCCC1)N(C)C(=O)OC(C)(C)C. The van der Waals surface area contributed by atoms with Gasteiger partial charge in [0.15, 0.2) is 0 Å². The number of nitrogens with one attached hydrogen (secondary N) is 3. The van der Waals surface area contributed by atoms with Crippen molar-refractivity contribution in [2.24, 2.45) is 11.7 Å². The molecule has 0 radical (unpaired) electrons.